The van der Waals surface area contributed by atoms with Crippen LogP contribution in [0.1, 0.15) is 19.4 Å². The summed E-state index contributed by atoms with van der Waals surface area (Å²) in [5, 5.41) is 24.0. The van der Waals surface area contributed by atoms with Crippen molar-refractivity contribution in [2.24, 2.45) is 10.2 Å². The van der Waals surface area contributed by atoms with Crippen LogP contribution < -0.4 is 21.3 Å². The Bertz CT molecular complexity index is 1420. The first-order valence-electron chi connectivity index (χ1n) is 10.8. The first kappa shape index (κ1) is 27.6. The number of azo groups is 1. The highest BCUT2D eigenvalue weighted by Gasteiger charge is 2.31. The number of hydrogen-bond donors (Lipinski definition) is 4. The lowest BCUT2D eigenvalue weighted by Crippen LogP contribution is -2.24. The molecule has 0 aromatic heterocycles. The summed E-state index contributed by atoms with van der Waals surface area (Å²) in [5.74, 6) is 0. The minimum absolute atomic E-state index is 0.338. The van der Waals surface area contributed by atoms with E-state index in [9.17, 15) is 0 Å². The molecular formula is C25H20Cl4N6S2. The minimum atomic E-state index is -0.670. The highest BCUT2D eigenvalue weighted by molar-refractivity contribution is 7.81. The Morgan fingerprint density at radius 3 is 1.68 bits per heavy atom. The van der Waals surface area contributed by atoms with Gasteiger partial charge in [-0.3, -0.25) is 0 Å². The molecular weight excluding hydrogens is 590 g/mol. The van der Waals surface area contributed by atoms with Crippen LogP contribution in [0.2, 0.25) is 20.1 Å². The van der Waals surface area contributed by atoms with Crippen molar-refractivity contribution in [2.75, 3.05) is 21.3 Å². The normalized spacial score (nSPS) is 16.2. The molecule has 1 unspecified atom stereocenters. The lowest BCUT2D eigenvalue weighted by Gasteiger charge is -2.23. The van der Waals surface area contributed by atoms with Gasteiger partial charge in [-0.25, -0.2) is 0 Å². The molecule has 0 fully saturated rings. The molecule has 1 atom stereocenters. The monoisotopic (exact) mass is 608 g/mol. The fourth-order valence-electron chi connectivity index (χ4n) is 3.78. The maximum Gasteiger partial charge on any atom is 0.175 e. The molecule has 0 saturated heterocycles. The topological polar surface area (TPSA) is 72.8 Å². The summed E-state index contributed by atoms with van der Waals surface area (Å²) in [6.07, 6.45) is 1.99. The second kappa shape index (κ2) is 11.5. The average Bonchev–Trinajstić information content (AvgIpc) is 3.11. The van der Waals surface area contributed by atoms with Crippen LogP contribution in [-0.2, 0) is 5.54 Å². The van der Waals surface area contributed by atoms with Crippen molar-refractivity contribution in [3.8, 4) is 0 Å². The summed E-state index contributed by atoms with van der Waals surface area (Å²) < 4.78 is 0. The van der Waals surface area contributed by atoms with Gasteiger partial charge >= 0.3 is 0 Å². The van der Waals surface area contributed by atoms with Gasteiger partial charge in [-0.2, -0.15) is 10.2 Å². The van der Waals surface area contributed by atoms with E-state index in [0.29, 0.717) is 53.1 Å². The number of rotatable bonds is 5. The number of benzene rings is 3. The van der Waals surface area contributed by atoms with Gasteiger partial charge in [0.2, 0.25) is 0 Å². The second-order valence-corrected chi connectivity index (χ2v) is 10.9. The van der Waals surface area contributed by atoms with Gasteiger partial charge < -0.3 is 21.3 Å². The van der Waals surface area contributed by atoms with Gasteiger partial charge in [-0.05, 0) is 92.9 Å². The fourth-order valence-corrected chi connectivity index (χ4v) is 5.29. The van der Waals surface area contributed by atoms with Gasteiger partial charge in [0.15, 0.2) is 10.2 Å². The maximum absolute atomic E-state index is 6.12. The summed E-state index contributed by atoms with van der Waals surface area (Å²) >= 11 is 35.5. The molecule has 6 nitrogen and oxygen atoms in total. The molecule has 1 aliphatic heterocycles. The van der Waals surface area contributed by atoms with E-state index in [0.717, 1.165) is 11.3 Å². The lowest BCUT2D eigenvalue weighted by molar-refractivity contribution is 0.623. The van der Waals surface area contributed by atoms with E-state index in [-0.39, 0.29) is 0 Å². The van der Waals surface area contributed by atoms with Gasteiger partial charge in [0.05, 0.1) is 5.70 Å². The predicted molar refractivity (Wildman–Crippen MR) is 165 cm³/mol. The molecule has 0 aliphatic carbocycles. The van der Waals surface area contributed by atoms with Gasteiger partial charge in [-0.1, -0.05) is 52.5 Å². The zero-order chi connectivity index (χ0) is 26.7. The summed E-state index contributed by atoms with van der Waals surface area (Å²) in [6, 6.07) is 15.9. The summed E-state index contributed by atoms with van der Waals surface area (Å²) in [7, 11) is 0. The SMILES string of the molecule is CC1=CC(C)(c2ccc(NC(=S)Nc3cc(Cl)cc(Cl)c3)cc2NC(=S)Nc2cc(Cl)cc(Cl)c2)N=N1. The molecule has 190 valence electrons. The minimum Gasteiger partial charge on any atom is -0.332 e. The van der Waals surface area contributed by atoms with E-state index in [1.807, 2.05) is 38.1 Å². The third-order valence-electron chi connectivity index (χ3n) is 5.22. The lowest BCUT2D eigenvalue weighted by atomic mass is 9.90. The van der Waals surface area contributed by atoms with E-state index in [1.54, 1.807) is 36.4 Å². The zero-order valence-corrected chi connectivity index (χ0v) is 24.2. The van der Waals surface area contributed by atoms with Gasteiger partial charge in [-0.15, -0.1) is 0 Å². The summed E-state index contributed by atoms with van der Waals surface area (Å²) in [4.78, 5) is 0. The van der Waals surface area contributed by atoms with Crippen LogP contribution >= 0.6 is 70.8 Å². The number of allylic oxidation sites excluding steroid dienone is 1. The van der Waals surface area contributed by atoms with Crippen molar-refractivity contribution < 1.29 is 0 Å². The van der Waals surface area contributed by atoms with E-state index in [2.05, 4.69) is 31.5 Å². The van der Waals surface area contributed by atoms with Gasteiger partial charge in [0.25, 0.3) is 0 Å². The number of anilines is 4. The van der Waals surface area contributed by atoms with Crippen LogP contribution in [0.3, 0.4) is 0 Å². The molecule has 37 heavy (non-hydrogen) atoms. The zero-order valence-electron chi connectivity index (χ0n) is 19.5. The number of halogens is 4. The Kier molecular flexibility index (Phi) is 8.58. The summed E-state index contributed by atoms with van der Waals surface area (Å²) in [5.41, 5.74) is 3.76. The molecule has 1 heterocycles. The molecule has 3 aromatic carbocycles. The Balaban J connectivity index is 1.58. The molecule has 0 saturated carbocycles. The number of thiocarbonyl (C=S) groups is 2. The predicted octanol–water partition coefficient (Wildman–Crippen LogP) is 9.50. The van der Waals surface area contributed by atoms with Gasteiger partial charge in [0, 0.05) is 48.4 Å². The van der Waals surface area contributed by atoms with Crippen molar-refractivity contribution >= 4 is 104 Å². The van der Waals surface area contributed by atoms with Crippen LogP contribution in [0.15, 0.2) is 76.6 Å². The quantitative estimate of drug-likeness (QED) is 0.216. The van der Waals surface area contributed by atoms with E-state index in [1.165, 1.54) is 0 Å². The van der Waals surface area contributed by atoms with Crippen LogP contribution in [0.25, 0.3) is 0 Å². The molecule has 3 aromatic rings. The third-order valence-corrected chi connectivity index (χ3v) is 6.50. The number of nitrogens with zero attached hydrogens (tertiary/aromatic N) is 2. The maximum atomic E-state index is 6.12. The van der Waals surface area contributed by atoms with Crippen molar-refractivity contribution in [1.29, 1.82) is 0 Å². The summed E-state index contributed by atoms with van der Waals surface area (Å²) in [6.45, 7) is 3.88. The molecule has 4 N–H and O–H groups in total. The van der Waals surface area contributed by atoms with Crippen molar-refractivity contribution in [2.45, 2.75) is 19.4 Å². The smallest absolute Gasteiger partial charge is 0.175 e. The fraction of sp³-hybridized carbons (Fsp3) is 0.120. The molecule has 1 aliphatic rings. The Hall–Kier alpha value is -2.46. The largest absolute Gasteiger partial charge is 0.332 e. The second-order valence-electron chi connectivity index (χ2n) is 8.37. The third kappa shape index (κ3) is 7.31. The number of hydrogen-bond acceptors (Lipinski definition) is 4. The molecule has 0 amide bonds. The van der Waals surface area contributed by atoms with Gasteiger partial charge in [0.1, 0.15) is 5.54 Å². The molecule has 0 bridgehead atoms. The Morgan fingerprint density at radius 2 is 1.19 bits per heavy atom. The van der Waals surface area contributed by atoms with Crippen molar-refractivity contribution in [1.82, 2.24) is 0 Å². The highest BCUT2D eigenvalue weighted by atomic mass is 35.5. The van der Waals surface area contributed by atoms with Crippen LogP contribution in [0.5, 0.6) is 0 Å². The Labute approximate surface area is 245 Å². The highest BCUT2D eigenvalue weighted by Crippen LogP contribution is 2.39. The van der Waals surface area contributed by atoms with E-state index >= 15 is 0 Å². The van der Waals surface area contributed by atoms with Crippen LogP contribution in [0.4, 0.5) is 22.7 Å². The van der Waals surface area contributed by atoms with E-state index in [4.69, 9.17) is 70.8 Å². The first-order valence-corrected chi connectivity index (χ1v) is 13.2. The molecule has 0 radical (unpaired) electrons. The standard InChI is InChI=1S/C25H20Cl4N6S2/c1-13-12-25(2,35-34-13)21-4-3-18(30-23(36)31-19-7-14(26)5-15(27)8-19)11-22(21)33-24(37)32-20-9-16(28)6-17(29)10-20/h3-12H,1-2H3,(H2,30,31,36)(H2,32,33,37). The van der Waals surface area contributed by atoms with E-state index < -0.39 is 5.54 Å². The Morgan fingerprint density at radius 1 is 0.703 bits per heavy atom. The van der Waals surface area contributed by atoms with Crippen LogP contribution in [0, 0.1) is 0 Å². The number of nitrogens with one attached hydrogen (secondary N) is 4. The van der Waals surface area contributed by atoms with Crippen LogP contribution in [-0.4, -0.2) is 10.2 Å². The van der Waals surface area contributed by atoms with Crippen molar-refractivity contribution in [3.63, 3.8) is 0 Å². The average molecular weight is 610 g/mol. The molecule has 4 rings (SSSR count). The van der Waals surface area contributed by atoms with Crippen molar-refractivity contribution in [3.05, 3.63) is 92.0 Å². The molecule has 12 heteroatoms. The first-order chi connectivity index (χ1) is 17.5. The molecule has 0 spiro atoms.